The predicted molar refractivity (Wildman–Crippen MR) is 103 cm³/mol. The molecule has 1 saturated heterocycles. The highest BCUT2D eigenvalue weighted by Gasteiger charge is 2.43. The summed E-state index contributed by atoms with van der Waals surface area (Å²) in [4.78, 5) is 2.36. The summed E-state index contributed by atoms with van der Waals surface area (Å²) in [6.07, 6.45) is 0.848. The zero-order valence-corrected chi connectivity index (χ0v) is 16.0. The molecule has 1 N–H and O–H groups in total. The van der Waals surface area contributed by atoms with E-state index in [1.165, 1.54) is 0 Å². The minimum absolute atomic E-state index is 0.0114. The number of aromatic hydroxyl groups is 1. The summed E-state index contributed by atoms with van der Waals surface area (Å²) >= 11 is 0. The fourth-order valence-electron chi connectivity index (χ4n) is 4.66. The number of hydrogen-bond donors (Lipinski definition) is 1. The Balaban J connectivity index is 1.64. The van der Waals surface area contributed by atoms with Crippen molar-refractivity contribution in [1.29, 1.82) is 0 Å². The molecule has 0 bridgehead atoms. The molecule has 2 aromatic carbocycles. The first-order valence-corrected chi connectivity index (χ1v) is 9.96. The van der Waals surface area contributed by atoms with Crippen LogP contribution in [-0.4, -0.2) is 49.3 Å². The number of nitrogens with zero attached hydrogens (tertiary/aromatic N) is 1. The van der Waals surface area contributed by atoms with Crippen LogP contribution in [0.2, 0.25) is 0 Å². The van der Waals surface area contributed by atoms with Crippen LogP contribution in [0, 0.1) is 5.92 Å². The summed E-state index contributed by atoms with van der Waals surface area (Å²) in [7, 11) is 0. The van der Waals surface area contributed by atoms with Crippen molar-refractivity contribution < 1.29 is 24.1 Å². The molecule has 0 aromatic heterocycles. The number of morpholine rings is 1. The van der Waals surface area contributed by atoms with E-state index in [-0.39, 0.29) is 24.9 Å². The first-order valence-electron chi connectivity index (χ1n) is 9.96. The first-order chi connectivity index (χ1) is 13.8. The van der Waals surface area contributed by atoms with E-state index < -0.39 is 0 Å². The first kappa shape index (κ1) is 17.6. The highest BCUT2D eigenvalue weighted by molar-refractivity contribution is 5.57. The van der Waals surface area contributed by atoms with Crippen molar-refractivity contribution in [2.45, 2.75) is 25.5 Å². The van der Waals surface area contributed by atoms with Gasteiger partial charge in [-0.05, 0) is 18.6 Å². The van der Waals surface area contributed by atoms with E-state index >= 15 is 0 Å². The highest BCUT2D eigenvalue weighted by atomic mass is 16.7. The number of para-hydroxylation sites is 1. The standard InChI is InChI=1S/C22H25NO5/c1-2-14-21(15-5-3-4-6-17(15)24)16-11-19-20(27-13-26-19)12-18(16)28-22(14)23-7-9-25-10-8-23/h3-6,11-12,14,21-22,24H,2,7-10,13H2,1H3/t14-,21-,22-/m0/s1. The Kier molecular flexibility index (Phi) is 4.53. The monoisotopic (exact) mass is 383 g/mol. The lowest BCUT2D eigenvalue weighted by Gasteiger charge is -2.45. The van der Waals surface area contributed by atoms with Crippen molar-refractivity contribution in [3.8, 4) is 23.0 Å². The molecule has 6 nitrogen and oxygen atoms in total. The lowest BCUT2D eigenvalue weighted by Crippen LogP contribution is -2.52. The van der Waals surface area contributed by atoms with Crippen molar-refractivity contribution in [2.75, 3.05) is 33.1 Å². The van der Waals surface area contributed by atoms with Gasteiger partial charge in [0.25, 0.3) is 0 Å². The molecule has 0 unspecified atom stereocenters. The van der Waals surface area contributed by atoms with Gasteiger partial charge in [-0.25, -0.2) is 0 Å². The second-order valence-electron chi connectivity index (χ2n) is 7.51. The summed E-state index contributed by atoms with van der Waals surface area (Å²) in [5.41, 5.74) is 1.97. The molecule has 2 aromatic rings. The number of phenolic OH excluding ortho intramolecular Hbond substituents is 1. The van der Waals surface area contributed by atoms with Crippen molar-refractivity contribution >= 4 is 0 Å². The van der Waals surface area contributed by atoms with Crippen LogP contribution < -0.4 is 14.2 Å². The minimum Gasteiger partial charge on any atom is -0.508 e. The van der Waals surface area contributed by atoms with Crippen LogP contribution in [0.5, 0.6) is 23.0 Å². The minimum atomic E-state index is -0.0774. The largest absolute Gasteiger partial charge is 0.508 e. The van der Waals surface area contributed by atoms with Gasteiger partial charge in [0, 0.05) is 42.1 Å². The van der Waals surface area contributed by atoms with Crippen molar-refractivity contribution in [2.24, 2.45) is 5.92 Å². The normalized spacial score (nSPS) is 26.5. The molecule has 5 rings (SSSR count). The van der Waals surface area contributed by atoms with Gasteiger partial charge in [-0.3, -0.25) is 4.90 Å². The zero-order chi connectivity index (χ0) is 19.1. The van der Waals surface area contributed by atoms with Crippen LogP contribution in [0.1, 0.15) is 30.4 Å². The Morgan fingerprint density at radius 3 is 2.50 bits per heavy atom. The van der Waals surface area contributed by atoms with Gasteiger partial charge in [-0.1, -0.05) is 25.1 Å². The molecule has 0 aliphatic carbocycles. The van der Waals surface area contributed by atoms with Gasteiger partial charge >= 0.3 is 0 Å². The number of hydrogen-bond acceptors (Lipinski definition) is 6. The molecule has 0 radical (unpaired) electrons. The zero-order valence-electron chi connectivity index (χ0n) is 16.0. The van der Waals surface area contributed by atoms with Gasteiger partial charge in [0.15, 0.2) is 17.7 Å². The van der Waals surface area contributed by atoms with E-state index in [4.69, 9.17) is 18.9 Å². The molecular formula is C22H25NO5. The summed E-state index contributed by atoms with van der Waals surface area (Å²) < 4.78 is 23.3. The average molecular weight is 383 g/mol. The van der Waals surface area contributed by atoms with Crippen LogP contribution in [-0.2, 0) is 4.74 Å². The third-order valence-electron chi connectivity index (χ3n) is 6.03. The van der Waals surface area contributed by atoms with Crippen molar-refractivity contribution in [1.82, 2.24) is 4.90 Å². The highest BCUT2D eigenvalue weighted by Crippen LogP contribution is 2.51. The molecule has 6 heteroatoms. The number of phenols is 1. The molecule has 28 heavy (non-hydrogen) atoms. The van der Waals surface area contributed by atoms with E-state index in [9.17, 15) is 5.11 Å². The molecule has 3 aliphatic rings. The summed E-state index contributed by atoms with van der Waals surface area (Å²) in [5.74, 6) is 2.78. The van der Waals surface area contributed by atoms with Gasteiger partial charge in [-0.15, -0.1) is 0 Å². The molecule has 3 heterocycles. The topological polar surface area (TPSA) is 60.4 Å². The Morgan fingerprint density at radius 1 is 1.00 bits per heavy atom. The fourth-order valence-corrected chi connectivity index (χ4v) is 4.66. The Morgan fingerprint density at radius 2 is 1.75 bits per heavy atom. The van der Waals surface area contributed by atoms with E-state index in [0.717, 1.165) is 42.1 Å². The number of ether oxygens (including phenoxy) is 4. The van der Waals surface area contributed by atoms with Crippen molar-refractivity contribution in [3.05, 3.63) is 47.5 Å². The second-order valence-corrected chi connectivity index (χ2v) is 7.51. The van der Waals surface area contributed by atoms with Crippen LogP contribution in [0.15, 0.2) is 36.4 Å². The molecule has 0 spiro atoms. The van der Waals surface area contributed by atoms with Gasteiger partial charge in [-0.2, -0.15) is 0 Å². The number of rotatable bonds is 3. The maximum Gasteiger partial charge on any atom is 0.231 e. The third-order valence-corrected chi connectivity index (χ3v) is 6.03. The maximum atomic E-state index is 10.7. The SMILES string of the molecule is CC[C@H]1[C@@H](c2ccccc2O)c2cc3c(cc2O[C@@H]1N1CCOCC1)OCO3. The molecule has 0 amide bonds. The summed E-state index contributed by atoms with van der Waals surface area (Å²) in [6.45, 7) is 5.52. The number of fused-ring (bicyclic) bond motifs is 2. The summed E-state index contributed by atoms with van der Waals surface area (Å²) in [6, 6.07) is 11.6. The molecule has 1 fully saturated rings. The Labute approximate surface area is 164 Å². The second kappa shape index (κ2) is 7.18. The molecule has 3 aliphatic heterocycles. The molecular weight excluding hydrogens is 358 g/mol. The van der Waals surface area contributed by atoms with Gasteiger partial charge < -0.3 is 24.1 Å². The van der Waals surface area contributed by atoms with Gasteiger partial charge in [0.05, 0.1) is 13.2 Å². The van der Waals surface area contributed by atoms with Crippen LogP contribution in [0.25, 0.3) is 0 Å². The average Bonchev–Trinajstić information content (AvgIpc) is 3.19. The van der Waals surface area contributed by atoms with E-state index in [1.807, 2.05) is 30.3 Å². The Hall–Kier alpha value is -2.44. The van der Waals surface area contributed by atoms with E-state index in [1.54, 1.807) is 6.07 Å². The lowest BCUT2D eigenvalue weighted by molar-refractivity contribution is -0.0831. The smallest absolute Gasteiger partial charge is 0.231 e. The van der Waals surface area contributed by atoms with Crippen molar-refractivity contribution in [3.63, 3.8) is 0 Å². The molecule has 3 atom stereocenters. The summed E-state index contributed by atoms with van der Waals surface area (Å²) in [5, 5.41) is 10.7. The Bertz CT molecular complexity index is 864. The maximum absolute atomic E-state index is 10.7. The van der Waals surface area contributed by atoms with E-state index in [0.29, 0.717) is 24.7 Å². The third kappa shape index (κ3) is 2.88. The molecule has 0 saturated carbocycles. The van der Waals surface area contributed by atoms with Crippen LogP contribution in [0.3, 0.4) is 0 Å². The van der Waals surface area contributed by atoms with E-state index in [2.05, 4.69) is 11.8 Å². The number of benzene rings is 2. The predicted octanol–water partition coefficient (Wildman–Crippen LogP) is 3.33. The van der Waals surface area contributed by atoms with Crippen LogP contribution in [0.4, 0.5) is 0 Å². The molecule has 148 valence electrons. The van der Waals surface area contributed by atoms with Gasteiger partial charge in [0.2, 0.25) is 6.79 Å². The van der Waals surface area contributed by atoms with Crippen LogP contribution >= 0.6 is 0 Å². The quantitative estimate of drug-likeness (QED) is 0.877. The lowest BCUT2D eigenvalue weighted by atomic mass is 9.75. The van der Waals surface area contributed by atoms with Gasteiger partial charge in [0.1, 0.15) is 11.5 Å². The fraction of sp³-hybridized carbons (Fsp3) is 0.455.